The summed E-state index contributed by atoms with van der Waals surface area (Å²) in [5.74, 6) is -0.0501. The highest BCUT2D eigenvalue weighted by molar-refractivity contribution is 7.07. The smallest absolute Gasteiger partial charge is 0.255 e. The fraction of sp³-hybridized carbons (Fsp3) is 0.150. The normalized spacial score (nSPS) is 15.7. The molecule has 4 rings (SSSR count). The Bertz CT molecular complexity index is 983. The molecule has 2 amide bonds. The SMILES string of the molecule is NC(=O)COc1ccc([C@@H]2CC(=O)Nc3c(-c4ccccc4)nsc32)cc1. The van der Waals surface area contributed by atoms with Crippen molar-refractivity contribution in [3.63, 3.8) is 0 Å². The van der Waals surface area contributed by atoms with Crippen LogP contribution in [0.3, 0.4) is 0 Å². The number of anilines is 1. The van der Waals surface area contributed by atoms with Crippen molar-refractivity contribution in [3.8, 4) is 17.0 Å². The Kier molecular flexibility index (Phi) is 4.60. The zero-order valence-corrected chi connectivity index (χ0v) is 15.2. The van der Waals surface area contributed by atoms with E-state index in [1.165, 1.54) is 11.5 Å². The van der Waals surface area contributed by atoms with Crippen molar-refractivity contribution in [2.45, 2.75) is 12.3 Å². The zero-order chi connectivity index (χ0) is 18.8. The molecule has 0 unspecified atom stereocenters. The molecule has 3 aromatic rings. The third-order valence-electron chi connectivity index (χ3n) is 4.40. The maximum Gasteiger partial charge on any atom is 0.255 e. The van der Waals surface area contributed by atoms with Gasteiger partial charge in [-0.25, -0.2) is 0 Å². The van der Waals surface area contributed by atoms with Crippen LogP contribution in [0.4, 0.5) is 5.69 Å². The lowest BCUT2D eigenvalue weighted by atomic mass is 9.89. The van der Waals surface area contributed by atoms with Gasteiger partial charge < -0.3 is 15.8 Å². The molecule has 1 aliphatic rings. The number of nitrogens with two attached hydrogens (primary N) is 1. The van der Waals surface area contributed by atoms with Crippen molar-refractivity contribution < 1.29 is 14.3 Å². The van der Waals surface area contributed by atoms with Gasteiger partial charge in [0.15, 0.2) is 6.61 Å². The topological polar surface area (TPSA) is 94.3 Å². The van der Waals surface area contributed by atoms with Crippen LogP contribution in [0.15, 0.2) is 54.6 Å². The second-order valence-corrected chi connectivity index (χ2v) is 7.07. The molecule has 136 valence electrons. The van der Waals surface area contributed by atoms with Crippen molar-refractivity contribution in [2.24, 2.45) is 5.73 Å². The van der Waals surface area contributed by atoms with E-state index in [1.54, 1.807) is 12.1 Å². The third kappa shape index (κ3) is 3.54. The molecular formula is C20H17N3O3S. The summed E-state index contributed by atoms with van der Waals surface area (Å²) in [5, 5.41) is 2.98. The number of carbonyl (C=O) groups excluding carboxylic acids is 2. The molecular weight excluding hydrogens is 362 g/mol. The second-order valence-electron chi connectivity index (χ2n) is 6.27. The first-order chi connectivity index (χ1) is 13.1. The summed E-state index contributed by atoms with van der Waals surface area (Å²) >= 11 is 1.41. The predicted molar refractivity (Wildman–Crippen MR) is 104 cm³/mol. The van der Waals surface area contributed by atoms with E-state index < -0.39 is 5.91 Å². The van der Waals surface area contributed by atoms with E-state index in [1.807, 2.05) is 42.5 Å². The van der Waals surface area contributed by atoms with Gasteiger partial charge in [-0.15, -0.1) is 0 Å². The Hall–Kier alpha value is -3.19. The highest BCUT2D eigenvalue weighted by Gasteiger charge is 2.31. The van der Waals surface area contributed by atoms with Gasteiger partial charge in [0.05, 0.1) is 10.6 Å². The number of rotatable bonds is 5. The van der Waals surface area contributed by atoms with Gasteiger partial charge in [0.25, 0.3) is 5.91 Å². The molecule has 2 heterocycles. The second kappa shape index (κ2) is 7.20. The lowest BCUT2D eigenvalue weighted by Gasteiger charge is -2.23. The van der Waals surface area contributed by atoms with Crippen LogP contribution < -0.4 is 15.8 Å². The quantitative estimate of drug-likeness (QED) is 0.712. The number of hydrogen-bond acceptors (Lipinski definition) is 5. The van der Waals surface area contributed by atoms with Gasteiger partial charge >= 0.3 is 0 Å². The van der Waals surface area contributed by atoms with Crippen LogP contribution in [0.25, 0.3) is 11.3 Å². The molecule has 0 saturated carbocycles. The molecule has 0 aliphatic carbocycles. The van der Waals surface area contributed by atoms with Crippen LogP contribution in [-0.4, -0.2) is 22.8 Å². The minimum absolute atomic E-state index is 0.0288. The minimum Gasteiger partial charge on any atom is -0.484 e. The van der Waals surface area contributed by atoms with E-state index in [9.17, 15) is 9.59 Å². The Morgan fingerprint density at radius 3 is 2.63 bits per heavy atom. The summed E-state index contributed by atoms with van der Waals surface area (Å²) in [4.78, 5) is 24.2. The van der Waals surface area contributed by atoms with Gasteiger partial charge in [-0.2, -0.15) is 4.37 Å². The lowest BCUT2D eigenvalue weighted by Crippen LogP contribution is -2.22. The molecule has 0 spiro atoms. The number of fused-ring (bicyclic) bond motifs is 1. The molecule has 7 heteroatoms. The summed E-state index contributed by atoms with van der Waals surface area (Å²) < 4.78 is 9.89. The monoisotopic (exact) mass is 379 g/mol. The summed E-state index contributed by atoms with van der Waals surface area (Å²) in [6.07, 6.45) is 0.366. The number of benzene rings is 2. The molecule has 2 aromatic carbocycles. The Balaban J connectivity index is 1.65. The Morgan fingerprint density at radius 1 is 1.19 bits per heavy atom. The van der Waals surface area contributed by atoms with E-state index in [-0.39, 0.29) is 18.4 Å². The Morgan fingerprint density at radius 2 is 1.93 bits per heavy atom. The average Bonchev–Trinajstić information content (AvgIpc) is 3.10. The van der Waals surface area contributed by atoms with Crippen LogP contribution in [0.5, 0.6) is 5.75 Å². The van der Waals surface area contributed by atoms with Gasteiger partial charge in [-0.3, -0.25) is 9.59 Å². The summed E-state index contributed by atoms with van der Waals surface area (Å²) in [6, 6.07) is 17.2. The van der Waals surface area contributed by atoms with Crippen LogP contribution in [-0.2, 0) is 9.59 Å². The molecule has 1 aliphatic heterocycles. The number of carbonyl (C=O) groups is 2. The van der Waals surface area contributed by atoms with E-state index in [4.69, 9.17) is 10.5 Å². The van der Waals surface area contributed by atoms with Crippen molar-refractivity contribution in [1.82, 2.24) is 4.37 Å². The van der Waals surface area contributed by atoms with E-state index in [0.717, 1.165) is 27.4 Å². The average molecular weight is 379 g/mol. The van der Waals surface area contributed by atoms with Crippen molar-refractivity contribution in [2.75, 3.05) is 11.9 Å². The molecule has 6 nitrogen and oxygen atoms in total. The van der Waals surface area contributed by atoms with E-state index in [2.05, 4.69) is 9.69 Å². The van der Waals surface area contributed by atoms with Gasteiger partial charge in [-0.1, -0.05) is 42.5 Å². The van der Waals surface area contributed by atoms with Crippen LogP contribution in [0, 0.1) is 0 Å². The standard InChI is InChI=1S/C20H17N3O3S/c21-16(24)11-26-14-8-6-12(7-9-14)15-10-17(25)22-19-18(23-27-20(15)19)13-4-2-1-3-5-13/h1-9,15H,10-11H2,(H2,21,24)(H,22,25)/t15-/m0/s1. The first-order valence-electron chi connectivity index (χ1n) is 8.47. The first-order valence-corrected chi connectivity index (χ1v) is 9.25. The Labute approximate surface area is 160 Å². The number of hydrogen-bond donors (Lipinski definition) is 2. The summed E-state index contributed by atoms with van der Waals surface area (Å²) in [6.45, 7) is -0.162. The summed E-state index contributed by atoms with van der Waals surface area (Å²) in [7, 11) is 0. The number of nitrogens with one attached hydrogen (secondary N) is 1. The maximum absolute atomic E-state index is 12.3. The number of ether oxygens (including phenoxy) is 1. The summed E-state index contributed by atoms with van der Waals surface area (Å²) in [5.41, 5.74) is 8.66. The number of nitrogens with zero attached hydrogens (tertiary/aromatic N) is 1. The predicted octanol–water partition coefficient (Wildman–Crippen LogP) is 3.15. The molecule has 0 bridgehead atoms. The zero-order valence-electron chi connectivity index (χ0n) is 14.3. The fourth-order valence-electron chi connectivity index (χ4n) is 3.14. The van der Waals surface area contributed by atoms with E-state index >= 15 is 0 Å². The molecule has 0 saturated heterocycles. The molecule has 27 heavy (non-hydrogen) atoms. The number of primary amides is 1. The van der Waals surface area contributed by atoms with Gasteiger partial charge in [-0.05, 0) is 29.2 Å². The molecule has 0 fully saturated rings. The van der Waals surface area contributed by atoms with Gasteiger partial charge in [0.2, 0.25) is 5.91 Å². The molecule has 3 N–H and O–H groups in total. The third-order valence-corrected chi connectivity index (χ3v) is 5.36. The molecule has 1 aromatic heterocycles. The molecule has 0 radical (unpaired) electrons. The van der Waals surface area contributed by atoms with E-state index in [0.29, 0.717) is 12.2 Å². The van der Waals surface area contributed by atoms with Crippen LogP contribution in [0.1, 0.15) is 22.8 Å². The maximum atomic E-state index is 12.3. The first kappa shape index (κ1) is 17.2. The van der Waals surface area contributed by atoms with Crippen molar-refractivity contribution in [1.29, 1.82) is 0 Å². The van der Waals surface area contributed by atoms with Crippen molar-refractivity contribution >= 4 is 29.0 Å². The fourth-order valence-corrected chi connectivity index (χ4v) is 4.12. The van der Waals surface area contributed by atoms with Crippen LogP contribution >= 0.6 is 11.5 Å². The number of amides is 2. The minimum atomic E-state index is -0.522. The number of aromatic nitrogens is 1. The lowest BCUT2D eigenvalue weighted by molar-refractivity contribution is -0.120. The molecule has 1 atom stereocenters. The van der Waals surface area contributed by atoms with Crippen LogP contribution in [0.2, 0.25) is 0 Å². The largest absolute Gasteiger partial charge is 0.484 e. The highest BCUT2D eigenvalue weighted by atomic mass is 32.1. The van der Waals surface area contributed by atoms with Gasteiger partial charge in [0.1, 0.15) is 11.4 Å². The van der Waals surface area contributed by atoms with Gasteiger partial charge in [0, 0.05) is 17.9 Å². The highest BCUT2D eigenvalue weighted by Crippen LogP contribution is 2.44. The van der Waals surface area contributed by atoms with Crippen molar-refractivity contribution in [3.05, 3.63) is 65.0 Å².